The Morgan fingerprint density at radius 2 is 2.11 bits per heavy atom. The fraction of sp³-hybridized carbons (Fsp3) is 0.571. The topological polar surface area (TPSA) is 42.2 Å². The van der Waals surface area contributed by atoms with Crippen molar-refractivity contribution in [1.29, 1.82) is 0 Å². The van der Waals surface area contributed by atoms with Gasteiger partial charge in [-0.25, -0.2) is 4.98 Å². The molecule has 0 aliphatic rings. The van der Waals surface area contributed by atoms with Gasteiger partial charge in [-0.1, -0.05) is 32.5 Å². The molecule has 0 radical (unpaired) electrons. The molecule has 1 rings (SSSR count). The van der Waals surface area contributed by atoms with Crippen LogP contribution in [0, 0.1) is 19.8 Å². The maximum atomic E-state index is 5.83. The van der Waals surface area contributed by atoms with Crippen molar-refractivity contribution < 1.29 is 0 Å². The highest BCUT2D eigenvalue weighted by molar-refractivity contribution is 7.80. The first-order chi connectivity index (χ1) is 8.36. The van der Waals surface area contributed by atoms with Crippen LogP contribution in [0.15, 0.2) is 6.07 Å². The van der Waals surface area contributed by atoms with Crippen LogP contribution in [0.2, 0.25) is 0 Å². The fourth-order valence-electron chi connectivity index (χ4n) is 2.08. The molecule has 0 fully saturated rings. The van der Waals surface area contributed by atoms with Crippen LogP contribution in [0.4, 0.5) is 5.82 Å². The van der Waals surface area contributed by atoms with Crippen molar-refractivity contribution in [2.75, 3.05) is 18.5 Å². The Bertz CT molecular complexity index is 443. The summed E-state index contributed by atoms with van der Waals surface area (Å²) in [6.45, 7) is 9.42. The Hall–Kier alpha value is -1.16. The van der Waals surface area contributed by atoms with Gasteiger partial charge in [0.25, 0.3) is 0 Å². The zero-order valence-corrected chi connectivity index (χ0v) is 12.8. The standard InChI is InChI=1S/C14H23N3S/c1-6-9(2)8-17(5)14-12(13(15)18)10(3)7-11(4)16-14/h7,9H,6,8H2,1-5H3,(H2,15,18). The minimum Gasteiger partial charge on any atom is -0.389 e. The molecular weight excluding hydrogens is 242 g/mol. The Balaban J connectivity index is 3.17. The number of rotatable bonds is 5. The molecule has 1 atom stereocenters. The van der Waals surface area contributed by atoms with E-state index in [0.29, 0.717) is 10.9 Å². The second-order valence-corrected chi connectivity index (χ2v) is 5.48. The van der Waals surface area contributed by atoms with Gasteiger partial charge in [-0.05, 0) is 31.4 Å². The van der Waals surface area contributed by atoms with Gasteiger partial charge in [-0.3, -0.25) is 0 Å². The number of hydrogen-bond acceptors (Lipinski definition) is 3. The van der Waals surface area contributed by atoms with E-state index in [9.17, 15) is 0 Å². The van der Waals surface area contributed by atoms with Gasteiger partial charge >= 0.3 is 0 Å². The van der Waals surface area contributed by atoms with Gasteiger partial charge in [0, 0.05) is 19.3 Å². The summed E-state index contributed by atoms with van der Waals surface area (Å²) < 4.78 is 0. The van der Waals surface area contributed by atoms with Crippen molar-refractivity contribution in [2.24, 2.45) is 11.7 Å². The van der Waals surface area contributed by atoms with Gasteiger partial charge in [0.2, 0.25) is 0 Å². The fourth-order valence-corrected chi connectivity index (χ4v) is 2.33. The molecule has 0 saturated carbocycles. The number of aryl methyl sites for hydroxylation is 2. The van der Waals surface area contributed by atoms with Crippen molar-refractivity contribution in [3.05, 3.63) is 22.9 Å². The largest absolute Gasteiger partial charge is 0.389 e. The molecule has 1 heterocycles. The molecule has 0 aliphatic carbocycles. The Morgan fingerprint density at radius 1 is 1.50 bits per heavy atom. The van der Waals surface area contributed by atoms with E-state index in [0.717, 1.165) is 35.6 Å². The molecule has 1 aromatic rings. The molecule has 0 aliphatic heterocycles. The van der Waals surface area contributed by atoms with Gasteiger partial charge < -0.3 is 10.6 Å². The summed E-state index contributed by atoms with van der Waals surface area (Å²) in [7, 11) is 2.05. The molecule has 0 bridgehead atoms. The Morgan fingerprint density at radius 3 is 2.61 bits per heavy atom. The number of aromatic nitrogens is 1. The van der Waals surface area contributed by atoms with E-state index >= 15 is 0 Å². The van der Waals surface area contributed by atoms with Crippen LogP contribution in [-0.4, -0.2) is 23.6 Å². The minimum atomic E-state index is 0.422. The van der Waals surface area contributed by atoms with Crippen LogP contribution in [-0.2, 0) is 0 Å². The average Bonchev–Trinajstić information content (AvgIpc) is 2.26. The number of nitrogens with zero attached hydrogens (tertiary/aromatic N) is 2. The normalized spacial score (nSPS) is 12.3. The molecule has 3 nitrogen and oxygen atoms in total. The lowest BCUT2D eigenvalue weighted by molar-refractivity contribution is 0.557. The van der Waals surface area contributed by atoms with E-state index in [2.05, 4.69) is 30.8 Å². The van der Waals surface area contributed by atoms with Crippen molar-refractivity contribution in [3.63, 3.8) is 0 Å². The van der Waals surface area contributed by atoms with Gasteiger partial charge in [0.15, 0.2) is 0 Å². The number of thiocarbonyl (C=S) groups is 1. The van der Waals surface area contributed by atoms with Gasteiger partial charge in [0.1, 0.15) is 10.8 Å². The molecule has 1 aromatic heterocycles. The summed E-state index contributed by atoms with van der Waals surface area (Å²) in [5.74, 6) is 1.53. The first-order valence-electron chi connectivity index (χ1n) is 6.36. The summed E-state index contributed by atoms with van der Waals surface area (Å²) in [5.41, 5.74) is 8.83. The maximum absolute atomic E-state index is 5.83. The van der Waals surface area contributed by atoms with Crippen molar-refractivity contribution in [1.82, 2.24) is 4.98 Å². The molecule has 18 heavy (non-hydrogen) atoms. The molecule has 1 unspecified atom stereocenters. The van der Waals surface area contributed by atoms with Crippen LogP contribution in [0.5, 0.6) is 0 Å². The van der Waals surface area contributed by atoms with Crippen LogP contribution in [0.3, 0.4) is 0 Å². The number of hydrogen-bond donors (Lipinski definition) is 1. The van der Waals surface area contributed by atoms with Crippen LogP contribution in [0.1, 0.15) is 37.1 Å². The molecule has 2 N–H and O–H groups in total. The predicted octanol–water partition coefficient (Wildman–Crippen LogP) is 2.81. The number of pyridine rings is 1. The van der Waals surface area contributed by atoms with Crippen molar-refractivity contribution in [3.8, 4) is 0 Å². The SMILES string of the molecule is CCC(C)CN(C)c1nc(C)cc(C)c1C(N)=S. The van der Waals surface area contributed by atoms with E-state index in [4.69, 9.17) is 18.0 Å². The van der Waals surface area contributed by atoms with Crippen LogP contribution >= 0.6 is 12.2 Å². The van der Waals surface area contributed by atoms with Gasteiger partial charge in [-0.15, -0.1) is 0 Å². The number of nitrogens with two attached hydrogens (primary N) is 1. The third-order valence-corrected chi connectivity index (χ3v) is 3.42. The summed E-state index contributed by atoms with van der Waals surface area (Å²) >= 11 is 5.15. The maximum Gasteiger partial charge on any atom is 0.139 e. The van der Waals surface area contributed by atoms with E-state index in [1.807, 2.05) is 19.9 Å². The summed E-state index contributed by atoms with van der Waals surface area (Å²) in [6.07, 6.45) is 1.15. The highest BCUT2D eigenvalue weighted by Gasteiger charge is 2.16. The second-order valence-electron chi connectivity index (χ2n) is 5.04. The first kappa shape index (κ1) is 14.9. The lowest BCUT2D eigenvalue weighted by Gasteiger charge is -2.25. The van der Waals surface area contributed by atoms with Crippen molar-refractivity contribution in [2.45, 2.75) is 34.1 Å². The molecule has 0 saturated heterocycles. The molecule has 0 aromatic carbocycles. The zero-order chi connectivity index (χ0) is 13.9. The Labute approximate surface area is 115 Å². The summed E-state index contributed by atoms with van der Waals surface area (Å²) in [5, 5.41) is 0. The lowest BCUT2D eigenvalue weighted by atomic mass is 10.1. The molecular formula is C14H23N3S. The van der Waals surface area contributed by atoms with E-state index in [-0.39, 0.29) is 0 Å². The molecule has 100 valence electrons. The van der Waals surface area contributed by atoms with Gasteiger partial charge in [0.05, 0.1) is 5.56 Å². The highest BCUT2D eigenvalue weighted by Crippen LogP contribution is 2.22. The highest BCUT2D eigenvalue weighted by atomic mass is 32.1. The average molecular weight is 265 g/mol. The summed E-state index contributed by atoms with van der Waals surface area (Å²) in [4.78, 5) is 7.18. The quantitative estimate of drug-likeness (QED) is 0.831. The van der Waals surface area contributed by atoms with Crippen LogP contribution < -0.4 is 10.6 Å². The summed E-state index contributed by atoms with van der Waals surface area (Å²) in [6, 6.07) is 2.02. The molecule has 0 amide bonds. The van der Waals surface area contributed by atoms with Gasteiger partial charge in [-0.2, -0.15) is 0 Å². The third-order valence-electron chi connectivity index (χ3n) is 3.22. The second kappa shape index (κ2) is 6.14. The Kier molecular flexibility index (Phi) is 5.08. The predicted molar refractivity (Wildman–Crippen MR) is 82.3 cm³/mol. The van der Waals surface area contributed by atoms with Crippen LogP contribution in [0.25, 0.3) is 0 Å². The van der Waals surface area contributed by atoms with Crippen molar-refractivity contribution >= 4 is 23.0 Å². The third kappa shape index (κ3) is 3.42. The monoisotopic (exact) mass is 265 g/mol. The number of anilines is 1. The van der Waals surface area contributed by atoms with E-state index in [1.54, 1.807) is 0 Å². The first-order valence-corrected chi connectivity index (χ1v) is 6.76. The minimum absolute atomic E-state index is 0.422. The smallest absolute Gasteiger partial charge is 0.139 e. The van der Waals surface area contributed by atoms with E-state index < -0.39 is 0 Å². The molecule has 4 heteroatoms. The molecule has 0 spiro atoms. The van der Waals surface area contributed by atoms with E-state index in [1.165, 1.54) is 0 Å². The lowest BCUT2D eigenvalue weighted by Crippen LogP contribution is -2.28. The zero-order valence-electron chi connectivity index (χ0n) is 11.9.